The van der Waals surface area contributed by atoms with Crippen LogP contribution in [0.15, 0.2) is 58.9 Å². The van der Waals surface area contributed by atoms with Crippen molar-refractivity contribution in [3.63, 3.8) is 0 Å². The zero-order valence-corrected chi connectivity index (χ0v) is 16.0. The van der Waals surface area contributed by atoms with E-state index >= 15 is 0 Å². The number of nitrogens with zero attached hydrogens (tertiary/aromatic N) is 1. The monoisotopic (exact) mass is 382 g/mol. The smallest absolute Gasteiger partial charge is 0.325 e. The van der Waals surface area contributed by atoms with Crippen LogP contribution in [0.3, 0.4) is 0 Å². The summed E-state index contributed by atoms with van der Waals surface area (Å²) in [6, 6.07) is 11.0. The number of nitrogens with one attached hydrogen (secondary N) is 1. The molecule has 1 aromatic heterocycles. The van der Waals surface area contributed by atoms with Gasteiger partial charge in [0.25, 0.3) is 5.91 Å². The normalized spacial score (nSPS) is 16.0. The summed E-state index contributed by atoms with van der Waals surface area (Å²) in [6.45, 7) is 3.36. The molecule has 2 aromatic rings. The topological polar surface area (TPSA) is 88.9 Å². The largest absolute Gasteiger partial charge is 0.459 e. The minimum Gasteiger partial charge on any atom is -0.459 e. The fourth-order valence-electron chi connectivity index (χ4n) is 3.30. The standard InChI is InChI=1S/C21H22N2O5/c1-21(2)15-7-4-5-8-16(15)23(3)18(21)11-14(24)13-28-19(25)12-22-20(26)17-9-6-10-27-17/h4-11H,12-13H2,1-3H3,(H,22,26)/b18-11-. The maximum atomic E-state index is 12.3. The van der Waals surface area contributed by atoms with E-state index in [-0.39, 0.29) is 30.1 Å². The van der Waals surface area contributed by atoms with Crippen molar-refractivity contribution < 1.29 is 23.5 Å². The van der Waals surface area contributed by atoms with Crippen LogP contribution >= 0.6 is 0 Å². The highest BCUT2D eigenvalue weighted by Crippen LogP contribution is 2.46. The summed E-state index contributed by atoms with van der Waals surface area (Å²) in [7, 11) is 1.91. The third kappa shape index (κ3) is 3.83. The highest BCUT2D eigenvalue weighted by molar-refractivity contribution is 5.95. The first kappa shape index (κ1) is 19.4. The first-order chi connectivity index (χ1) is 13.3. The second-order valence-corrected chi connectivity index (χ2v) is 7.02. The van der Waals surface area contributed by atoms with E-state index in [2.05, 4.69) is 5.32 Å². The van der Waals surface area contributed by atoms with Gasteiger partial charge in [0.05, 0.1) is 6.26 Å². The minimum atomic E-state index is -0.700. The van der Waals surface area contributed by atoms with Crippen LogP contribution in [0.5, 0.6) is 0 Å². The fourth-order valence-corrected chi connectivity index (χ4v) is 3.30. The molecule has 1 aliphatic heterocycles. The lowest BCUT2D eigenvalue weighted by atomic mass is 9.83. The van der Waals surface area contributed by atoms with Gasteiger partial charge in [0.1, 0.15) is 6.54 Å². The molecule has 0 unspecified atom stereocenters. The second-order valence-electron chi connectivity index (χ2n) is 7.02. The molecule has 1 N–H and O–H groups in total. The van der Waals surface area contributed by atoms with Crippen molar-refractivity contribution in [1.82, 2.24) is 5.32 Å². The van der Waals surface area contributed by atoms with Gasteiger partial charge in [0, 0.05) is 29.9 Å². The summed E-state index contributed by atoms with van der Waals surface area (Å²) in [5, 5.41) is 2.37. The number of esters is 1. The quantitative estimate of drug-likeness (QED) is 0.610. The number of amides is 1. The van der Waals surface area contributed by atoms with Crippen LogP contribution in [-0.2, 0) is 19.7 Å². The van der Waals surface area contributed by atoms with Crippen LogP contribution in [0.4, 0.5) is 5.69 Å². The molecule has 7 heteroatoms. The number of carbonyl (C=O) groups is 3. The fraction of sp³-hybridized carbons (Fsp3) is 0.286. The van der Waals surface area contributed by atoms with Crippen LogP contribution < -0.4 is 10.2 Å². The van der Waals surface area contributed by atoms with E-state index in [1.54, 1.807) is 6.07 Å². The highest BCUT2D eigenvalue weighted by atomic mass is 16.5. The Morgan fingerprint density at radius 2 is 1.93 bits per heavy atom. The third-order valence-corrected chi connectivity index (χ3v) is 4.75. The lowest BCUT2D eigenvalue weighted by Gasteiger charge is -2.23. The van der Waals surface area contributed by atoms with Gasteiger partial charge in [-0.3, -0.25) is 14.4 Å². The van der Waals surface area contributed by atoms with Crippen molar-refractivity contribution in [1.29, 1.82) is 0 Å². The average Bonchev–Trinajstić information content (AvgIpc) is 3.28. The van der Waals surface area contributed by atoms with Gasteiger partial charge in [-0.2, -0.15) is 0 Å². The minimum absolute atomic E-state index is 0.0969. The van der Waals surface area contributed by atoms with Gasteiger partial charge in [0.15, 0.2) is 18.2 Å². The van der Waals surface area contributed by atoms with Crippen LogP contribution in [-0.4, -0.2) is 37.9 Å². The van der Waals surface area contributed by atoms with Crippen LogP contribution in [0.25, 0.3) is 0 Å². The Bertz CT molecular complexity index is 928. The lowest BCUT2D eigenvalue weighted by molar-refractivity contribution is -0.145. The summed E-state index contributed by atoms with van der Waals surface area (Å²) in [4.78, 5) is 37.8. The molecule has 0 saturated carbocycles. The molecule has 2 heterocycles. The van der Waals surface area contributed by atoms with Crippen LogP contribution in [0.1, 0.15) is 30.0 Å². The van der Waals surface area contributed by atoms with E-state index < -0.39 is 11.9 Å². The Morgan fingerprint density at radius 1 is 1.18 bits per heavy atom. The number of anilines is 1. The highest BCUT2D eigenvalue weighted by Gasteiger charge is 2.38. The second kappa shape index (κ2) is 7.72. The number of ether oxygens (including phenoxy) is 1. The number of allylic oxidation sites excluding steroid dienone is 1. The van der Waals surface area contributed by atoms with Gasteiger partial charge in [-0.15, -0.1) is 0 Å². The summed E-state index contributed by atoms with van der Waals surface area (Å²) in [5.74, 6) is -1.45. The van der Waals surface area contributed by atoms with Gasteiger partial charge in [0.2, 0.25) is 0 Å². The number of hydrogen-bond acceptors (Lipinski definition) is 6. The maximum absolute atomic E-state index is 12.3. The van der Waals surface area contributed by atoms with Crippen molar-refractivity contribution in [2.45, 2.75) is 19.3 Å². The molecule has 7 nitrogen and oxygen atoms in total. The number of furan rings is 1. The summed E-state index contributed by atoms with van der Waals surface area (Å²) < 4.78 is 9.89. The number of hydrogen-bond donors (Lipinski definition) is 1. The summed E-state index contributed by atoms with van der Waals surface area (Å²) in [5.41, 5.74) is 2.68. The third-order valence-electron chi connectivity index (χ3n) is 4.75. The van der Waals surface area contributed by atoms with E-state index in [0.29, 0.717) is 0 Å². The molecular formula is C21H22N2O5. The van der Waals surface area contributed by atoms with Crippen molar-refractivity contribution in [2.75, 3.05) is 25.1 Å². The number of benzene rings is 1. The number of fused-ring (bicyclic) bond motifs is 1. The molecular weight excluding hydrogens is 360 g/mol. The maximum Gasteiger partial charge on any atom is 0.325 e. The number of likely N-dealkylation sites (N-methyl/N-ethyl adjacent to an activating group) is 1. The van der Waals surface area contributed by atoms with E-state index in [0.717, 1.165) is 16.9 Å². The molecule has 0 radical (unpaired) electrons. The Kier molecular flexibility index (Phi) is 5.35. The Labute approximate surface area is 163 Å². The lowest BCUT2D eigenvalue weighted by Crippen LogP contribution is -2.31. The van der Waals surface area contributed by atoms with Crippen molar-refractivity contribution in [3.05, 3.63) is 65.8 Å². The molecule has 1 aliphatic rings. The van der Waals surface area contributed by atoms with Gasteiger partial charge in [-0.25, -0.2) is 0 Å². The molecule has 0 aliphatic carbocycles. The van der Waals surface area contributed by atoms with Gasteiger partial charge in [-0.05, 0) is 23.8 Å². The van der Waals surface area contributed by atoms with E-state index in [9.17, 15) is 14.4 Å². The van der Waals surface area contributed by atoms with Gasteiger partial charge < -0.3 is 19.4 Å². The van der Waals surface area contributed by atoms with E-state index in [1.807, 2.05) is 50.1 Å². The molecule has 0 atom stereocenters. The zero-order valence-electron chi connectivity index (χ0n) is 16.0. The number of para-hydroxylation sites is 1. The molecule has 28 heavy (non-hydrogen) atoms. The van der Waals surface area contributed by atoms with Gasteiger partial charge >= 0.3 is 5.97 Å². The molecule has 0 bridgehead atoms. The first-order valence-electron chi connectivity index (χ1n) is 8.86. The van der Waals surface area contributed by atoms with Crippen LogP contribution in [0.2, 0.25) is 0 Å². The average molecular weight is 382 g/mol. The Morgan fingerprint density at radius 3 is 2.61 bits per heavy atom. The molecule has 0 spiro atoms. The molecule has 146 valence electrons. The van der Waals surface area contributed by atoms with E-state index in [4.69, 9.17) is 9.15 Å². The number of ketones is 1. The predicted octanol–water partition coefficient (Wildman–Crippen LogP) is 2.43. The molecule has 1 aromatic carbocycles. The molecule has 0 saturated heterocycles. The SMILES string of the molecule is CN1/C(=C\C(=O)COC(=O)CNC(=O)c2ccco2)C(C)(C)c2ccccc21. The molecule has 3 rings (SSSR count). The van der Waals surface area contributed by atoms with Crippen molar-refractivity contribution in [2.24, 2.45) is 0 Å². The Balaban J connectivity index is 1.55. The molecule has 0 fully saturated rings. The van der Waals surface area contributed by atoms with E-state index in [1.165, 1.54) is 18.4 Å². The summed E-state index contributed by atoms with van der Waals surface area (Å²) >= 11 is 0. The van der Waals surface area contributed by atoms with Crippen LogP contribution in [0, 0.1) is 0 Å². The summed E-state index contributed by atoms with van der Waals surface area (Å²) in [6.07, 6.45) is 2.87. The zero-order chi connectivity index (χ0) is 20.3. The van der Waals surface area contributed by atoms with Crippen molar-refractivity contribution in [3.8, 4) is 0 Å². The molecule has 1 amide bonds. The van der Waals surface area contributed by atoms with Crippen molar-refractivity contribution >= 4 is 23.3 Å². The predicted molar refractivity (Wildman–Crippen MR) is 103 cm³/mol. The Hall–Kier alpha value is -3.35. The van der Waals surface area contributed by atoms with Gasteiger partial charge in [-0.1, -0.05) is 32.0 Å². The number of carbonyl (C=O) groups excluding carboxylic acids is 3. The first-order valence-corrected chi connectivity index (χ1v) is 8.86. The number of rotatable bonds is 6.